The monoisotopic (exact) mass is 379 g/mol. The number of hydrogen-bond acceptors (Lipinski definition) is 4. The molecule has 2 heterocycles. The van der Waals surface area contributed by atoms with Gasteiger partial charge in [-0.3, -0.25) is 4.98 Å². The Labute approximate surface area is 169 Å². The number of nitrogens with one attached hydrogen (secondary N) is 1. The molecule has 4 heteroatoms. The van der Waals surface area contributed by atoms with Crippen LogP contribution in [0.15, 0.2) is 53.4 Å². The Morgan fingerprint density at radius 1 is 1.11 bits per heavy atom. The van der Waals surface area contributed by atoms with E-state index < -0.39 is 6.10 Å². The van der Waals surface area contributed by atoms with Crippen molar-refractivity contribution in [1.29, 1.82) is 0 Å². The summed E-state index contributed by atoms with van der Waals surface area (Å²) in [5.74, 6) is 0.866. The van der Waals surface area contributed by atoms with Crippen LogP contribution in [0.5, 0.6) is 0 Å². The second-order valence-electron chi connectivity index (χ2n) is 7.06. The molecule has 150 valence electrons. The number of aliphatic hydroxyl groups excluding tert-OH is 1. The van der Waals surface area contributed by atoms with E-state index in [0.717, 1.165) is 52.0 Å². The maximum Gasteiger partial charge on any atom is 0.126 e. The summed E-state index contributed by atoms with van der Waals surface area (Å²) < 4.78 is 0. The predicted octanol–water partition coefficient (Wildman–Crippen LogP) is 5.91. The average Bonchev–Trinajstić information content (AvgIpc) is 2.71. The predicted molar refractivity (Wildman–Crippen MR) is 120 cm³/mol. The smallest absolute Gasteiger partial charge is 0.126 e. The Hall–Kier alpha value is -2.46. The molecule has 1 atom stereocenters. The molecular weight excluding hydrogens is 346 g/mol. The number of anilines is 1. The topological polar surface area (TPSA) is 58.0 Å². The van der Waals surface area contributed by atoms with Crippen molar-refractivity contribution in [2.75, 3.05) is 11.9 Å². The van der Waals surface area contributed by atoms with Crippen LogP contribution in [0, 0.1) is 0 Å². The number of fused-ring (bicyclic) bond motifs is 1. The van der Waals surface area contributed by atoms with Gasteiger partial charge in [-0.05, 0) is 69.4 Å². The highest BCUT2D eigenvalue weighted by atomic mass is 16.3. The van der Waals surface area contributed by atoms with Crippen molar-refractivity contribution in [2.45, 2.75) is 60.5 Å². The van der Waals surface area contributed by atoms with E-state index in [1.165, 1.54) is 5.57 Å². The standard InChI is InChI=1S/C24H33N3O/c1-7-16(5)21(23(28)9-3)11-17(6)20(8-2)22-12-18-15-27-24(25-10-4)13-19(18)14-26-22/h8,11-15,23,28H,7,9-10H2,1-6H3,(H,25,27)/b17-11-,20-8+,21-16-. The van der Waals surface area contributed by atoms with Gasteiger partial charge in [0.05, 0.1) is 11.8 Å². The van der Waals surface area contributed by atoms with Gasteiger partial charge in [-0.25, -0.2) is 4.98 Å². The number of aromatic nitrogens is 2. The van der Waals surface area contributed by atoms with E-state index in [9.17, 15) is 5.11 Å². The molecule has 0 saturated heterocycles. The third kappa shape index (κ3) is 5.08. The van der Waals surface area contributed by atoms with E-state index in [0.29, 0.717) is 6.42 Å². The van der Waals surface area contributed by atoms with Crippen molar-refractivity contribution < 1.29 is 5.11 Å². The maximum absolute atomic E-state index is 10.5. The lowest BCUT2D eigenvalue weighted by Gasteiger charge is -2.16. The Kier molecular flexibility index (Phi) is 7.94. The maximum atomic E-state index is 10.5. The molecule has 0 aliphatic rings. The lowest BCUT2D eigenvalue weighted by molar-refractivity contribution is 0.209. The molecule has 1 unspecified atom stereocenters. The van der Waals surface area contributed by atoms with Crippen LogP contribution in [0.25, 0.3) is 16.3 Å². The molecule has 0 aromatic carbocycles. The summed E-state index contributed by atoms with van der Waals surface area (Å²) in [5.41, 5.74) is 5.32. The van der Waals surface area contributed by atoms with Gasteiger partial charge < -0.3 is 10.4 Å². The molecule has 0 bridgehead atoms. The number of allylic oxidation sites excluding steroid dienone is 4. The SMILES string of the molecule is C\C=C(/C(C)=C\C(=C(/C)CC)C(O)CC)c1cc2cnc(NCC)cc2cn1. The van der Waals surface area contributed by atoms with Crippen molar-refractivity contribution in [3.63, 3.8) is 0 Å². The summed E-state index contributed by atoms with van der Waals surface area (Å²) in [6.45, 7) is 13.2. The van der Waals surface area contributed by atoms with E-state index in [-0.39, 0.29) is 0 Å². The minimum absolute atomic E-state index is 0.439. The molecule has 2 N–H and O–H groups in total. The second-order valence-corrected chi connectivity index (χ2v) is 7.06. The van der Waals surface area contributed by atoms with Crippen LogP contribution in [-0.4, -0.2) is 27.7 Å². The molecule has 28 heavy (non-hydrogen) atoms. The molecular formula is C24H33N3O. The zero-order valence-electron chi connectivity index (χ0n) is 18.0. The highest BCUT2D eigenvalue weighted by Crippen LogP contribution is 2.27. The number of hydrogen-bond donors (Lipinski definition) is 2. The minimum atomic E-state index is -0.439. The molecule has 0 amide bonds. The average molecular weight is 380 g/mol. The third-order valence-corrected chi connectivity index (χ3v) is 5.09. The van der Waals surface area contributed by atoms with Crippen LogP contribution < -0.4 is 5.32 Å². The Balaban J connectivity index is 2.45. The minimum Gasteiger partial charge on any atom is -0.388 e. The molecule has 0 fully saturated rings. The van der Waals surface area contributed by atoms with Gasteiger partial charge in [0, 0.05) is 29.7 Å². The van der Waals surface area contributed by atoms with Crippen molar-refractivity contribution >= 4 is 22.2 Å². The Morgan fingerprint density at radius 3 is 2.39 bits per heavy atom. The fourth-order valence-corrected chi connectivity index (χ4v) is 3.28. The van der Waals surface area contributed by atoms with E-state index in [2.05, 4.69) is 56.2 Å². The van der Waals surface area contributed by atoms with Gasteiger partial charge in [-0.1, -0.05) is 31.6 Å². The van der Waals surface area contributed by atoms with Crippen molar-refractivity contribution in [2.24, 2.45) is 0 Å². The zero-order valence-corrected chi connectivity index (χ0v) is 18.0. The number of pyridine rings is 2. The number of rotatable bonds is 8. The number of nitrogens with zero attached hydrogens (tertiary/aromatic N) is 2. The van der Waals surface area contributed by atoms with Crippen LogP contribution in [0.1, 0.15) is 60.1 Å². The lowest BCUT2D eigenvalue weighted by atomic mass is 9.94. The Bertz CT molecular complexity index is 909. The van der Waals surface area contributed by atoms with Crippen LogP contribution >= 0.6 is 0 Å². The number of aliphatic hydroxyl groups is 1. The molecule has 4 nitrogen and oxygen atoms in total. The summed E-state index contributed by atoms with van der Waals surface area (Å²) in [6, 6.07) is 4.10. The quantitative estimate of drug-likeness (QED) is 0.560. The van der Waals surface area contributed by atoms with Crippen LogP contribution in [-0.2, 0) is 0 Å². The van der Waals surface area contributed by atoms with E-state index in [1.807, 2.05) is 32.3 Å². The Morgan fingerprint density at radius 2 is 1.79 bits per heavy atom. The first-order valence-electron chi connectivity index (χ1n) is 10.2. The summed E-state index contributed by atoms with van der Waals surface area (Å²) in [7, 11) is 0. The van der Waals surface area contributed by atoms with Crippen molar-refractivity contribution in [3.8, 4) is 0 Å². The first kappa shape index (κ1) is 21.8. The molecule has 0 saturated carbocycles. The van der Waals surface area contributed by atoms with Gasteiger partial charge in [-0.15, -0.1) is 0 Å². The molecule has 0 aliphatic carbocycles. The van der Waals surface area contributed by atoms with Crippen molar-refractivity contribution in [1.82, 2.24) is 9.97 Å². The summed E-state index contributed by atoms with van der Waals surface area (Å²) >= 11 is 0. The van der Waals surface area contributed by atoms with Crippen molar-refractivity contribution in [3.05, 3.63) is 59.1 Å². The molecule has 2 rings (SSSR count). The molecule has 0 spiro atoms. The molecule has 2 aromatic rings. The summed E-state index contributed by atoms with van der Waals surface area (Å²) in [6.07, 6.45) is 9.17. The lowest BCUT2D eigenvalue weighted by Crippen LogP contribution is -2.09. The van der Waals surface area contributed by atoms with Gasteiger partial charge in [0.2, 0.25) is 0 Å². The summed E-state index contributed by atoms with van der Waals surface area (Å²) in [5, 5.41) is 15.8. The van der Waals surface area contributed by atoms with E-state index in [4.69, 9.17) is 4.98 Å². The highest BCUT2D eigenvalue weighted by Gasteiger charge is 2.12. The van der Waals surface area contributed by atoms with Gasteiger partial charge in [0.15, 0.2) is 0 Å². The normalized spacial score (nSPS) is 14.8. The zero-order chi connectivity index (χ0) is 20.7. The second kappa shape index (κ2) is 10.2. The first-order valence-corrected chi connectivity index (χ1v) is 10.2. The van der Waals surface area contributed by atoms with Crippen LogP contribution in [0.4, 0.5) is 5.82 Å². The first-order chi connectivity index (χ1) is 13.4. The highest BCUT2D eigenvalue weighted by molar-refractivity contribution is 5.88. The largest absolute Gasteiger partial charge is 0.388 e. The fraction of sp³-hybridized carbons (Fsp3) is 0.417. The van der Waals surface area contributed by atoms with Crippen LogP contribution in [0.2, 0.25) is 0 Å². The fourth-order valence-electron chi connectivity index (χ4n) is 3.28. The van der Waals surface area contributed by atoms with Gasteiger partial charge in [0.1, 0.15) is 5.82 Å². The summed E-state index contributed by atoms with van der Waals surface area (Å²) in [4.78, 5) is 9.17. The van der Waals surface area contributed by atoms with E-state index >= 15 is 0 Å². The van der Waals surface area contributed by atoms with E-state index in [1.54, 1.807) is 0 Å². The van der Waals surface area contributed by atoms with Gasteiger partial charge >= 0.3 is 0 Å². The van der Waals surface area contributed by atoms with Gasteiger partial charge in [0.25, 0.3) is 0 Å². The van der Waals surface area contributed by atoms with Gasteiger partial charge in [-0.2, -0.15) is 0 Å². The molecule has 0 aliphatic heterocycles. The molecule has 2 aromatic heterocycles. The molecule has 0 radical (unpaired) electrons. The third-order valence-electron chi connectivity index (χ3n) is 5.09. The van der Waals surface area contributed by atoms with Crippen LogP contribution in [0.3, 0.4) is 0 Å².